The minimum atomic E-state index is -4.39. The number of amides is 1. The first kappa shape index (κ1) is 16.4. The molecule has 0 saturated carbocycles. The van der Waals surface area contributed by atoms with Crippen LogP contribution in [0.4, 0.5) is 4.39 Å². The lowest BCUT2D eigenvalue weighted by atomic mass is 10.2. The fourth-order valence-electron chi connectivity index (χ4n) is 1.46. The molecule has 0 spiro atoms. The number of aromatic carboxylic acids is 1. The zero-order valence-electron chi connectivity index (χ0n) is 10.5. The molecule has 110 valence electrons. The number of hydrogen-bond donors (Lipinski definition) is 2. The molecule has 1 rings (SSSR count). The lowest BCUT2D eigenvalue weighted by Crippen LogP contribution is -2.36. The molecule has 2 N–H and O–H groups in total. The molecule has 0 radical (unpaired) electrons. The van der Waals surface area contributed by atoms with Crippen molar-refractivity contribution >= 4 is 33.3 Å². The van der Waals surface area contributed by atoms with Gasteiger partial charge in [-0.1, -0.05) is 11.6 Å². The van der Waals surface area contributed by atoms with Gasteiger partial charge in [-0.25, -0.2) is 17.6 Å². The second-order valence-corrected chi connectivity index (χ2v) is 6.55. The molecular formula is C11H11ClFNO5S. The Morgan fingerprint density at radius 3 is 2.40 bits per heavy atom. The van der Waals surface area contributed by atoms with E-state index in [2.05, 4.69) is 5.32 Å². The summed E-state index contributed by atoms with van der Waals surface area (Å²) in [7, 11) is -3.17. The van der Waals surface area contributed by atoms with E-state index in [-0.39, 0.29) is 5.02 Å². The number of carbonyl (C=O) groups excluding carboxylic acids is 1. The van der Waals surface area contributed by atoms with Crippen LogP contribution in [0, 0.1) is 5.82 Å². The third kappa shape index (κ3) is 2.91. The average molecular weight is 324 g/mol. The molecule has 0 aromatic heterocycles. The molecule has 1 aromatic rings. The second-order valence-electron chi connectivity index (χ2n) is 3.87. The highest BCUT2D eigenvalue weighted by atomic mass is 35.5. The first-order valence-corrected chi connectivity index (χ1v) is 7.23. The van der Waals surface area contributed by atoms with Crippen molar-refractivity contribution in [1.29, 1.82) is 0 Å². The van der Waals surface area contributed by atoms with Gasteiger partial charge >= 0.3 is 5.97 Å². The summed E-state index contributed by atoms with van der Waals surface area (Å²) in [5, 5.41) is 9.08. The maximum absolute atomic E-state index is 14.0. The number of rotatable bonds is 4. The van der Waals surface area contributed by atoms with Crippen molar-refractivity contribution in [3.8, 4) is 0 Å². The van der Waals surface area contributed by atoms with E-state index >= 15 is 0 Å². The van der Waals surface area contributed by atoms with Crippen LogP contribution < -0.4 is 5.32 Å². The van der Waals surface area contributed by atoms with Crippen LogP contribution in [0.3, 0.4) is 0 Å². The number of benzene rings is 1. The maximum atomic E-state index is 14.0. The molecule has 0 heterocycles. The van der Waals surface area contributed by atoms with Gasteiger partial charge in [-0.2, -0.15) is 0 Å². The number of nitrogens with one attached hydrogen (secondary N) is 1. The van der Waals surface area contributed by atoms with Crippen molar-refractivity contribution in [2.45, 2.75) is 17.1 Å². The van der Waals surface area contributed by atoms with Crippen LogP contribution >= 0.6 is 11.6 Å². The van der Waals surface area contributed by atoms with Crippen LogP contribution in [-0.2, 0) is 14.6 Å². The Morgan fingerprint density at radius 2 is 1.95 bits per heavy atom. The van der Waals surface area contributed by atoms with Crippen LogP contribution in [0.25, 0.3) is 0 Å². The van der Waals surface area contributed by atoms with E-state index in [4.69, 9.17) is 16.7 Å². The maximum Gasteiger partial charge on any atom is 0.338 e. The molecule has 1 aromatic carbocycles. The highest BCUT2D eigenvalue weighted by molar-refractivity contribution is 7.92. The van der Waals surface area contributed by atoms with Crippen molar-refractivity contribution in [3.05, 3.63) is 28.5 Å². The van der Waals surface area contributed by atoms with Gasteiger partial charge in [0.05, 0.1) is 5.56 Å². The van der Waals surface area contributed by atoms with E-state index in [1.165, 1.54) is 7.05 Å². The zero-order valence-corrected chi connectivity index (χ0v) is 12.0. The van der Waals surface area contributed by atoms with Gasteiger partial charge in [0.15, 0.2) is 15.7 Å². The van der Waals surface area contributed by atoms with Crippen molar-refractivity contribution in [2.24, 2.45) is 0 Å². The summed E-state index contributed by atoms with van der Waals surface area (Å²) >= 11 is 5.60. The summed E-state index contributed by atoms with van der Waals surface area (Å²) in [4.78, 5) is 21.3. The molecule has 0 bridgehead atoms. The Kier molecular flexibility index (Phi) is 4.72. The van der Waals surface area contributed by atoms with E-state index in [1.807, 2.05) is 0 Å². The molecule has 1 amide bonds. The van der Waals surface area contributed by atoms with Gasteiger partial charge in [0.1, 0.15) is 10.1 Å². The van der Waals surface area contributed by atoms with Gasteiger partial charge in [-0.05, 0) is 19.1 Å². The Labute approximate surface area is 119 Å². The van der Waals surface area contributed by atoms with Crippen molar-refractivity contribution < 1.29 is 27.5 Å². The molecule has 0 saturated heterocycles. The molecule has 20 heavy (non-hydrogen) atoms. The topological polar surface area (TPSA) is 101 Å². The number of hydrogen-bond acceptors (Lipinski definition) is 4. The monoisotopic (exact) mass is 323 g/mol. The van der Waals surface area contributed by atoms with Crippen molar-refractivity contribution in [2.75, 3.05) is 7.05 Å². The zero-order chi connectivity index (χ0) is 15.7. The normalized spacial score (nSPS) is 12.8. The van der Waals surface area contributed by atoms with Crippen LogP contribution in [0.2, 0.25) is 5.02 Å². The first-order valence-electron chi connectivity index (χ1n) is 5.30. The smallest absolute Gasteiger partial charge is 0.338 e. The minimum absolute atomic E-state index is 0.258. The van der Waals surface area contributed by atoms with Crippen LogP contribution in [-0.4, -0.2) is 37.7 Å². The fourth-order valence-corrected chi connectivity index (χ4v) is 3.18. The molecule has 0 fully saturated rings. The molecular weight excluding hydrogens is 313 g/mol. The lowest BCUT2D eigenvalue weighted by Gasteiger charge is -2.13. The number of carboxylic acids is 1. The molecule has 0 aliphatic rings. The predicted octanol–water partition coefficient (Wildman–Crippen LogP) is 1.09. The van der Waals surface area contributed by atoms with Gasteiger partial charge in [0, 0.05) is 12.1 Å². The highest BCUT2D eigenvalue weighted by Crippen LogP contribution is 2.26. The van der Waals surface area contributed by atoms with Gasteiger partial charge in [0.2, 0.25) is 5.91 Å². The summed E-state index contributed by atoms with van der Waals surface area (Å²) in [5.74, 6) is -3.95. The summed E-state index contributed by atoms with van der Waals surface area (Å²) < 4.78 is 38.2. The number of halogens is 2. The predicted molar refractivity (Wildman–Crippen MR) is 69.1 cm³/mol. The fraction of sp³-hybridized carbons (Fsp3) is 0.273. The molecule has 1 atom stereocenters. The van der Waals surface area contributed by atoms with Gasteiger partial charge in [-0.3, -0.25) is 4.79 Å². The summed E-state index contributed by atoms with van der Waals surface area (Å²) in [6.45, 7) is 1.06. The Bertz CT molecular complexity index is 674. The molecule has 1 unspecified atom stereocenters. The molecule has 0 aliphatic heterocycles. The van der Waals surface area contributed by atoms with Gasteiger partial charge in [-0.15, -0.1) is 0 Å². The molecule has 9 heteroatoms. The van der Waals surface area contributed by atoms with Gasteiger partial charge < -0.3 is 10.4 Å². The van der Waals surface area contributed by atoms with E-state index in [1.54, 1.807) is 0 Å². The summed E-state index contributed by atoms with van der Waals surface area (Å²) in [6.07, 6.45) is 0. The van der Waals surface area contributed by atoms with E-state index in [0.717, 1.165) is 19.1 Å². The Morgan fingerprint density at radius 1 is 1.40 bits per heavy atom. The molecule has 6 nitrogen and oxygen atoms in total. The van der Waals surface area contributed by atoms with E-state index < -0.39 is 43.2 Å². The molecule has 0 aliphatic carbocycles. The van der Waals surface area contributed by atoms with Crippen molar-refractivity contribution in [1.82, 2.24) is 5.32 Å². The SMILES string of the molecule is CNC(=O)C(C)S(=O)(=O)c1cc(Cl)cc(C(=O)O)c1F. The minimum Gasteiger partial charge on any atom is -0.478 e. The standard InChI is InChI=1S/C11H11ClFNO5S/c1-5(10(15)14-2)20(18,19)8-4-6(12)3-7(9(8)13)11(16)17/h3-5H,1-2H3,(H,14,15)(H,16,17). The largest absolute Gasteiger partial charge is 0.478 e. The number of sulfone groups is 1. The van der Waals surface area contributed by atoms with Crippen LogP contribution in [0.1, 0.15) is 17.3 Å². The van der Waals surface area contributed by atoms with E-state index in [9.17, 15) is 22.4 Å². The van der Waals surface area contributed by atoms with Crippen molar-refractivity contribution in [3.63, 3.8) is 0 Å². The van der Waals surface area contributed by atoms with Gasteiger partial charge in [0.25, 0.3) is 0 Å². The first-order chi connectivity index (χ1) is 9.12. The second kappa shape index (κ2) is 5.76. The Hall–Kier alpha value is -1.67. The Balaban J connectivity index is 3.54. The third-order valence-corrected chi connectivity index (χ3v) is 4.90. The average Bonchev–Trinajstić information content (AvgIpc) is 2.38. The lowest BCUT2D eigenvalue weighted by molar-refractivity contribution is -0.119. The number of carboxylic acid groups (broad SMARTS) is 1. The summed E-state index contributed by atoms with van der Waals surface area (Å²) in [5.41, 5.74) is -0.875. The summed E-state index contributed by atoms with van der Waals surface area (Å²) in [6, 6.07) is 1.57. The number of carbonyl (C=O) groups is 2. The van der Waals surface area contributed by atoms with Crippen LogP contribution in [0.15, 0.2) is 17.0 Å². The quantitative estimate of drug-likeness (QED) is 0.863. The third-order valence-electron chi connectivity index (χ3n) is 2.62. The van der Waals surface area contributed by atoms with Crippen LogP contribution in [0.5, 0.6) is 0 Å². The highest BCUT2D eigenvalue weighted by Gasteiger charge is 2.33. The van der Waals surface area contributed by atoms with E-state index in [0.29, 0.717) is 0 Å².